The molecule has 158 valence electrons. The van der Waals surface area contributed by atoms with E-state index in [1.54, 1.807) is 6.92 Å². The molecule has 0 atom stereocenters. The van der Waals surface area contributed by atoms with Crippen molar-refractivity contribution in [2.45, 2.75) is 19.5 Å². The van der Waals surface area contributed by atoms with Crippen molar-refractivity contribution in [3.63, 3.8) is 0 Å². The van der Waals surface area contributed by atoms with E-state index in [1.165, 1.54) is 45.5 Å². The maximum absolute atomic E-state index is 13.5. The van der Waals surface area contributed by atoms with Gasteiger partial charge in [-0.1, -0.05) is 30.4 Å². The van der Waals surface area contributed by atoms with Crippen molar-refractivity contribution >= 4 is 22.0 Å². The number of nitrogens with zero attached hydrogens (tertiary/aromatic N) is 2. The fraction of sp³-hybridized carbons (Fsp3) is 0.316. The molecule has 0 aliphatic heterocycles. The first kappa shape index (κ1) is 22.7. The molecule has 0 radical (unpaired) electrons. The molecule has 0 unspecified atom stereocenters. The smallest absolute Gasteiger partial charge is 0.316 e. The van der Waals surface area contributed by atoms with Crippen LogP contribution in [0.3, 0.4) is 0 Å². The summed E-state index contributed by atoms with van der Waals surface area (Å²) in [5, 5.41) is 0. The van der Waals surface area contributed by atoms with Crippen LogP contribution in [0.4, 0.5) is 18.9 Å². The number of alkyl halides is 3. The van der Waals surface area contributed by atoms with Crippen LogP contribution in [0.15, 0.2) is 35.8 Å². The molecule has 1 heterocycles. The van der Waals surface area contributed by atoms with Gasteiger partial charge in [-0.3, -0.25) is 9.52 Å². The second kappa shape index (κ2) is 8.03. The molecule has 10 heteroatoms. The fourth-order valence-electron chi connectivity index (χ4n) is 2.81. The largest absolute Gasteiger partial charge is 0.416 e. The Balaban J connectivity index is 2.74. The van der Waals surface area contributed by atoms with Crippen molar-refractivity contribution < 1.29 is 21.6 Å². The Morgan fingerprint density at radius 3 is 2.41 bits per heavy atom. The Kier molecular flexibility index (Phi) is 6.29. The molecule has 6 nitrogen and oxygen atoms in total. The van der Waals surface area contributed by atoms with E-state index < -0.39 is 27.5 Å². The zero-order valence-corrected chi connectivity index (χ0v) is 17.3. The monoisotopic (exact) mass is 429 g/mol. The molecule has 0 amide bonds. The minimum atomic E-state index is -4.60. The average Bonchev–Trinajstić information content (AvgIpc) is 2.59. The molecule has 0 aliphatic rings. The Morgan fingerprint density at radius 2 is 1.90 bits per heavy atom. The van der Waals surface area contributed by atoms with Crippen LogP contribution in [0, 0.1) is 6.92 Å². The molecule has 1 N–H and O–H groups in total. The Labute approximate surface area is 167 Å². The zero-order chi connectivity index (χ0) is 22.1. The van der Waals surface area contributed by atoms with E-state index in [4.69, 9.17) is 0 Å². The minimum absolute atomic E-state index is 0.00407. The van der Waals surface area contributed by atoms with E-state index in [-0.39, 0.29) is 28.8 Å². The molecule has 0 fully saturated rings. The van der Waals surface area contributed by atoms with Crippen molar-refractivity contribution in [1.29, 1.82) is 0 Å². The van der Waals surface area contributed by atoms with Crippen molar-refractivity contribution in [2.75, 3.05) is 18.8 Å². The van der Waals surface area contributed by atoms with Gasteiger partial charge in [-0.05, 0) is 24.1 Å². The lowest BCUT2D eigenvalue weighted by molar-refractivity contribution is -0.138. The number of hydrogen-bond acceptors (Lipinski definition) is 3. The molecule has 0 spiro atoms. The maximum atomic E-state index is 13.5. The Bertz CT molecular complexity index is 1100. The predicted molar refractivity (Wildman–Crippen MR) is 107 cm³/mol. The highest BCUT2D eigenvalue weighted by molar-refractivity contribution is 7.90. The van der Waals surface area contributed by atoms with Gasteiger partial charge in [0.05, 0.1) is 11.3 Å². The highest BCUT2D eigenvalue weighted by atomic mass is 32.2. The normalized spacial score (nSPS) is 12.3. The third-order valence-corrected chi connectivity index (χ3v) is 5.82. The molecular weight excluding hydrogens is 407 g/mol. The first-order valence-corrected chi connectivity index (χ1v) is 9.94. The Morgan fingerprint density at radius 1 is 1.28 bits per heavy atom. The number of halogens is 3. The number of aromatic nitrogens is 1. The van der Waals surface area contributed by atoms with Crippen molar-refractivity contribution in [3.8, 4) is 0 Å². The molecule has 29 heavy (non-hydrogen) atoms. The number of hydrogen-bond donors (Lipinski definition) is 1. The lowest BCUT2D eigenvalue weighted by Gasteiger charge is -2.20. The molecule has 1 aromatic carbocycles. The zero-order valence-electron chi connectivity index (χ0n) is 16.5. The summed E-state index contributed by atoms with van der Waals surface area (Å²) in [5.41, 5.74) is -0.835. The van der Waals surface area contributed by atoms with Gasteiger partial charge in [0.1, 0.15) is 0 Å². The molecule has 2 aromatic rings. The predicted octanol–water partition coefficient (Wildman–Crippen LogP) is 3.16. The first-order chi connectivity index (χ1) is 13.3. The number of nitrogens with one attached hydrogen (secondary N) is 1. The van der Waals surface area contributed by atoms with E-state index in [1.807, 2.05) is 0 Å². The average molecular weight is 429 g/mol. The molecule has 2 rings (SSSR count). The van der Waals surface area contributed by atoms with Crippen LogP contribution in [0.5, 0.6) is 0 Å². The number of rotatable bonds is 6. The van der Waals surface area contributed by atoms with Gasteiger partial charge in [-0.15, -0.1) is 0 Å². The summed E-state index contributed by atoms with van der Waals surface area (Å²) in [6.45, 7) is 5.11. The van der Waals surface area contributed by atoms with Gasteiger partial charge in [-0.2, -0.15) is 25.9 Å². The fourth-order valence-corrected chi connectivity index (χ4v) is 3.45. The summed E-state index contributed by atoms with van der Waals surface area (Å²) in [4.78, 5) is 12.5. The number of pyridine rings is 1. The molecular formula is C19H22F3N3O3S. The first-order valence-electron chi connectivity index (χ1n) is 8.50. The summed E-state index contributed by atoms with van der Waals surface area (Å²) in [5.74, 6) is 0. The van der Waals surface area contributed by atoms with Crippen LogP contribution in [-0.2, 0) is 29.9 Å². The number of benzene rings is 1. The maximum Gasteiger partial charge on any atom is 0.416 e. The van der Waals surface area contributed by atoms with Gasteiger partial charge in [0, 0.05) is 39.3 Å². The second-order valence-corrected chi connectivity index (χ2v) is 8.66. The van der Waals surface area contributed by atoms with Crippen molar-refractivity contribution in [3.05, 3.63) is 69.1 Å². The third-order valence-electron chi connectivity index (χ3n) is 4.39. The van der Waals surface area contributed by atoms with E-state index in [9.17, 15) is 26.4 Å². The summed E-state index contributed by atoms with van der Waals surface area (Å²) in [7, 11) is 0.0732. The van der Waals surface area contributed by atoms with Crippen LogP contribution in [0.1, 0.15) is 27.8 Å². The molecule has 0 aliphatic carbocycles. The minimum Gasteiger partial charge on any atom is -0.316 e. The standard InChI is InChI=1S/C19H22F3N3O3S/c1-6-14-15(10-13-8-7-12(2)9-16(13)19(20,21)22)17(11-25(5)18(14)26)23-29(27,28)24(3)4/h6-9,11,23H,1,10H2,2-5H3. The molecule has 0 saturated heterocycles. The van der Waals surface area contributed by atoms with Gasteiger partial charge in [0.2, 0.25) is 0 Å². The molecule has 0 bridgehead atoms. The SMILES string of the molecule is C=Cc1c(Cc2ccc(C)cc2C(F)(F)F)c(NS(=O)(=O)N(C)C)cn(C)c1=O. The summed E-state index contributed by atoms with van der Waals surface area (Å²) in [6.07, 6.45) is -2.45. The van der Waals surface area contributed by atoms with Crippen molar-refractivity contribution in [2.24, 2.45) is 7.05 Å². The second-order valence-electron chi connectivity index (χ2n) is 6.78. The quantitative estimate of drug-likeness (QED) is 0.767. The summed E-state index contributed by atoms with van der Waals surface area (Å²) >= 11 is 0. The van der Waals surface area contributed by atoms with Gasteiger partial charge in [0.25, 0.3) is 5.56 Å². The van der Waals surface area contributed by atoms with Crippen LogP contribution in [-0.4, -0.2) is 31.4 Å². The number of anilines is 1. The molecule has 0 saturated carbocycles. The highest BCUT2D eigenvalue weighted by Gasteiger charge is 2.34. The van der Waals surface area contributed by atoms with Crippen molar-refractivity contribution in [1.82, 2.24) is 8.87 Å². The summed E-state index contributed by atoms with van der Waals surface area (Å²) < 4.78 is 69.6. The number of aryl methyl sites for hydroxylation is 2. The summed E-state index contributed by atoms with van der Waals surface area (Å²) in [6, 6.07) is 3.88. The topological polar surface area (TPSA) is 71.4 Å². The van der Waals surface area contributed by atoms with E-state index in [2.05, 4.69) is 11.3 Å². The van der Waals surface area contributed by atoms with Crippen LogP contribution in [0.25, 0.3) is 6.08 Å². The third kappa shape index (κ3) is 4.88. The van der Waals surface area contributed by atoms with Crippen LogP contribution < -0.4 is 10.3 Å². The van der Waals surface area contributed by atoms with Gasteiger partial charge < -0.3 is 4.57 Å². The lowest BCUT2D eigenvalue weighted by atomic mass is 9.94. The van der Waals surface area contributed by atoms with E-state index in [0.717, 1.165) is 14.9 Å². The Hall–Kier alpha value is -2.59. The van der Waals surface area contributed by atoms with E-state index >= 15 is 0 Å². The van der Waals surface area contributed by atoms with Crippen LogP contribution >= 0.6 is 0 Å². The van der Waals surface area contributed by atoms with Gasteiger partial charge in [0.15, 0.2) is 0 Å². The van der Waals surface area contributed by atoms with E-state index in [0.29, 0.717) is 5.56 Å². The molecule has 1 aromatic heterocycles. The van der Waals surface area contributed by atoms with Crippen LogP contribution in [0.2, 0.25) is 0 Å². The highest BCUT2D eigenvalue weighted by Crippen LogP contribution is 2.35. The lowest BCUT2D eigenvalue weighted by Crippen LogP contribution is -2.31. The van der Waals surface area contributed by atoms with Gasteiger partial charge >= 0.3 is 16.4 Å². The van der Waals surface area contributed by atoms with Gasteiger partial charge in [-0.25, -0.2) is 0 Å².